The van der Waals surface area contributed by atoms with Crippen LogP contribution in [0.1, 0.15) is 11.1 Å². The fourth-order valence-corrected chi connectivity index (χ4v) is 2.69. The molecule has 0 aliphatic heterocycles. The van der Waals surface area contributed by atoms with E-state index in [1.165, 1.54) is 6.21 Å². The van der Waals surface area contributed by atoms with E-state index in [0.29, 0.717) is 11.4 Å². The van der Waals surface area contributed by atoms with Crippen LogP contribution in [-0.4, -0.2) is 20.9 Å². The van der Waals surface area contributed by atoms with Gasteiger partial charge in [0.1, 0.15) is 5.56 Å². The number of hydrogen-bond acceptors (Lipinski definition) is 4. The molecule has 0 saturated carbocycles. The Balaban J connectivity index is 2.12. The average molecular weight is 447 g/mol. The van der Waals surface area contributed by atoms with Gasteiger partial charge in [-0.25, -0.2) is 9.36 Å². The number of H-pyrrole nitrogens is 1. The molecule has 0 fully saturated rings. The van der Waals surface area contributed by atoms with Gasteiger partial charge in [0.2, 0.25) is 5.88 Å². The molecule has 25 heavy (non-hydrogen) atoms. The molecule has 2 aromatic carbocycles. The summed E-state index contributed by atoms with van der Waals surface area (Å²) in [5.74, 6) is -0.450. The standard InChI is InChI=1S/C18H14IN3O3/c1-11-3-2-4-14(9-11)22-17(24)15(16(23)21-18(22)25)10-20-13-7-5-12(19)6-8-13/h2-10,24H,1H3,(H,21,23,25). The summed E-state index contributed by atoms with van der Waals surface area (Å²) in [5, 5.41) is 10.5. The van der Waals surface area contributed by atoms with Gasteiger partial charge in [0.15, 0.2) is 0 Å². The molecule has 3 rings (SSSR count). The lowest BCUT2D eigenvalue weighted by molar-refractivity contribution is 0.430. The number of rotatable bonds is 3. The first-order chi connectivity index (χ1) is 12.0. The number of aromatic nitrogens is 2. The first kappa shape index (κ1) is 17.2. The summed E-state index contributed by atoms with van der Waals surface area (Å²) in [7, 11) is 0. The predicted octanol–water partition coefficient (Wildman–Crippen LogP) is 2.90. The quantitative estimate of drug-likeness (QED) is 0.478. The molecule has 0 saturated heterocycles. The van der Waals surface area contributed by atoms with Crippen molar-refractivity contribution in [2.24, 2.45) is 4.99 Å². The van der Waals surface area contributed by atoms with Crippen LogP contribution in [0.25, 0.3) is 5.69 Å². The lowest BCUT2D eigenvalue weighted by atomic mass is 10.2. The number of nitrogens with one attached hydrogen (secondary N) is 1. The van der Waals surface area contributed by atoms with E-state index in [2.05, 4.69) is 32.6 Å². The molecule has 1 aromatic heterocycles. The van der Waals surface area contributed by atoms with Gasteiger partial charge in [0.05, 0.1) is 11.4 Å². The van der Waals surface area contributed by atoms with E-state index < -0.39 is 17.1 Å². The lowest BCUT2D eigenvalue weighted by Gasteiger charge is -2.10. The molecule has 3 aromatic rings. The third kappa shape index (κ3) is 3.71. The Morgan fingerprint density at radius 1 is 1.16 bits per heavy atom. The highest BCUT2D eigenvalue weighted by Gasteiger charge is 2.14. The SMILES string of the molecule is Cc1cccc(-n2c(O)c(C=Nc3ccc(I)cc3)c(=O)[nH]c2=O)c1. The summed E-state index contributed by atoms with van der Waals surface area (Å²) < 4.78 is 2.11. The highest BCUT2D eigenvalue weighted by molar-refractivity contribution is 14.1. The van der Waals surface area contributed by atoms with Crippen LogP contribution < -0.4 is 11.2 Å². The molecule has 126 valence electrons. The largest absolute Gasteiger partial charge is 0.493 e. The smallest absolute Gasteiger partial charge is 0.335 e. The van der Waals surface area contributed by atoms with E-state index >= 15 is 0 Å². The Morgan fingerprint density at radius 3 is 2.56 bits per heavy atom. The molecular weight excluding hydrogens is 433 g/mol. The van der Waals surface area contributed by atoms with Crippen molar-refractivity contribution in [2.75, 3.05) is 0 Å². The van der Waals surface area contributed by atoms with Gasteiger partial charge in [-0.05, 0) is 71.5 Å². The minimum absolute atomic E-state index is 0.0837. The average Bonchev–Trinajstić information content (AvgIpc) is 2.56. The van der Waals surface area contributed by atoms with Gasteiger partial charge in [-0.1, -0.05) is 12.1 Å². The van der Waals surface area contributed by atoms with Crippen molar-refractivity contribution in [1.29, 1.82) is 0 Å². The van der Waals surface area contributed by atoms with Crippen LogP contribution in [0.4, 0.5) is 5.69 Å². The first-order valence-corrected chi connectivity index (χ1v) is 8.48. The van der Waals surface area contributed by atoms with E-state index in [1.54, 1.807) is 30.3 Å². The minimum atomic E-state index is -0.709. The van der Waals surface area contributed by atoms with Gasteiger partial charge in [0, 0.05) is 9.78 Å². The molecule has 0 radical (unpaired) electrons. The summed E-state index contributed by atoms with van der Waals surface area (Å²) in [5.41, 5.74) is 0.527. The zero-order chi connectivity index (χ0) is 18.0. The van der Waals surface area contributed by atoms with Crippen molar-refractivity contribution in [3.8, 4) is 11.6 Å². The van der Waals surface area contributed by atoms with Crippen molar-refractivity contribution < 1.29 is 5.11 Å². The van der Waals surface area contributed by atoms with Crippen molar-refractivity contribution in [2.45, 2.75) is 6.92 Å². The van der Waals surface area contributed by atoms with Crippen molar-refractivity contribution in [3.63, 3.8) is 0 Å². The van der Waals surface area contributed by atoms with Crippen molar-refractivity contribution in [3.05, 3.63) is 84.1 Å². The molecule has 6 nitrogen and oxygen atoms in total. The van der Waals surface area contributed by atoms with Crippen LogP contribution in [0, 0.1) is 10.5 Å². The second-order valence-corrected chi connectivity index (χ2v) is 6.65. The van der Waals surface area contributed by atoms with E-state index in [-0.39, 0.29) is 5.56 Å². The Morgan fingerprint density at radius 2 is 1.88 bits per heavy atom. The minimum Gasteiger partial charge on any atom is -0.493 e. The predicted molar refractivity (Wildman–Crippen MR) is 105 cm³/mol. The fraction of sp³-hybridized carbons (Fsp3) is 0.0556. The highest BCUT2D eigenvalue weighted by atomic mass is 127. The Labute approximate surface area is 156 Å². The fourth-order valence-electron chi connectivity index (χ4n) is 2.33. The molecule has 0 spiro atoms. The van der Waals surface area contributed by atoms with Crippen LogP contribution >= 0.6 is 22.6 Å². The van der Waals surface area contributed by atoms with Crippen LogP contribution in [0.5, 0.6) is 5.88 Å². The Hall–Kier alpha value is -2.68. The normalized spacial score (nSPS) is 11.1. The maximum atomic E-state index is 12.1. The first-order valence-electron chi connectivity index (χ1n) is 7.40. The van der Waals surface area contributed by atoms with Crippen LogP contribution in [0.3, 0.4) is 0 Å². The monoisotopic (exact) mass is 447 g/mol. The Kier molecular flexibility index (Phi) is 4.84. The van der Waals surface area contributed by atoms with Gasteiger partial charge in [0.25, 0.3) is 5.56 Å². The number of aromatic hydroxyl groups is 1. The number of aromatic amines is 1. The third-order valence-corrected chi connectivity index (χ3v) is 4.27. The summed E-state index contributed by atoms with van der Waals surface area (Å²) in [4.78, 5) is 30.6. The van der Waals surface area contributed by atoms with Crippen LogP contribution in [0.2, 0.25) is 0 Å². The third-order valence-electron chi connectivity index (χ3n) is 3.55. The van der Waals surface area contributed by atoms with E-state index in [0.717, 1.165) is 13.7 Å². The molecule has 0 bridgehead atoms. The molecule has 1 heterocycles. The highest BCUT2D eigenvalue weighted by Crippen LogP contribution is 2.18. The molecule has 0 amide bonds. The molecule has 0 aliphatic carbocycles. The van der Waals surface area contributed by atoms with E-state index in [9.17, 15) is 14.7 Å². The molecule has 7 heteroatoms. The van der Waals surface area contributed by atoms with Gasteiger partial charge in [-0.2, -0.15) is 0 Å². The summed E-state index contributed by atoms with van der Waals surface area (Å²) in [6, 6.07) is 14.4. The maximum absolute atomic E-state index is 12.1. The van der Waals surface area contributed by atoms with Gasteiger partial charge < -0.3 is 5.11 Å². The van der Waals surface area contributed by atoms with Crippen molar-refractivity contribution in [1.82, 2.24) is 9.55 Å². The van der Waals surface area contributed by atoms with Gasteiger partial charge in [-0.3, -0.25) is 14.8 Å². The number of aryl methyl sites for hydroxylation is 1. The second-order valence-electron chi connectivity index (χ2n) is 5.41. The summed E-state index contributed by atoms with van der Waals surface area (Å²) in [6.07, 6.45) is 1.25. The Bertz CT molecular complexity index is 1070. The number of halogens is 1. The molecule has 0 unspecified atom stereocenters. The van der Waals surface area contributed by atoms with E-state index in [1.807, 2.05) is 25.1 Å². The molecule has 0 atom stereocenters. The molecular formula is C18H14IN3O3. The second kappa shape index (κ2) is 7.06. The van der Waals surface area contributed by atoms with Gasteiger partial charge in [-0.15, -0.1) is 0 Å². The molecule has 0 aliphatic rings. The van der Waals surface area contributed by atoms with Crippen molar-refractivity contribution >= 4 is 34.5 Å². The maximum Gasteiger partial charge on any atom is 0.335 e. The van der Waals surface area contributed by atoms with Gasteiger partial charge >= 0.3 is 5.69 Å². The number of aliphatic imine (C=N–C) groups is 1. The zero-order valence-corrected chi connectivity index (χ0v) is 15.4. The molecule has 2 N–H and O–H groups in total. The van der Waals surface area contributed by atoms with E-state index in [4.69, 9.17) is 0 Å². The zero-order valence-electron chi connectivity index (χ0n) is 13.2. The number of benzene rings is 2. The van der Waals surface area contributed by atoms with Crippen LogP contribution in [0.15, 0.2) is 63.1 Å². The summed E-state index contributed by atoms with van der Waals surface area (Å²) >= 11 is 2.18. The summed E-state index contributed by atoms with van der Waals surface area (Å²) in [6.45, 7) is 1.87. The topological polar surface area (TPSA) is 87.4 Å². The number of hydrogen-bond donors (Lipinski definition) is 2. The lowest BCUT2D eigenvalue weighted by Crippen LogP contribution is -2.31. The van der Waals surface area contributed by atoms with Crippen LogP contribution in [-0.2, 0) is 0 Å². The number of nitrogens with zero attached hydrogens (tertiary/aromatic N) is 2.